The van der Waals surface area contributed by atoms with Gasteiger partial charge in [-0.2, -0.15) is 15.3 Å². The second-order valence-electron chi connectivity index (χ2n) is 24.1. The highest BCUT2D eigenvalue weighted by Gasteiger charge is 2.21. The van der Waals surface area contributed by atoms with Gasteiger partial charge >= 0.3 is 0 Å². The molecule has 0 aliphatic carbocycles. The van der Waals surface area contributed by atoms with Gasteiger partial charge in [-0.3, -0.25) is 33.8 Å². The molecule has 6 aromatic heterocycles. The second-order valence-corrected chi connectivity index (χ2v) is 26.3. The van der Waals surface area contributed by atoms with Crippen LogP contribution in [0, 0.1) is 0 Å². The molecule has 0 spiro atoms. The largest absolute Gasteiger partial charge is 0.497 e. The number of likely N-dealkylation sites (tertiary alicyclic amines) is 1. The van der Waals surface area contributed by atoms with E-state index in [1.165, 1.54) is 19.1 Å². The van der Waals surface area contributed by atoms with E-state index >= 15 is 0 Å². The average Bonchev–Trinajstić information content (AvgIpc) is 0.980. The van der Waals surface area contributed by atoms with Crippen LogP contribution in [0.2, 0.25) is 0 Å². The minimum Gasteiger partial charge on any atom is -0.497 e. The van der Waals surface area contributed by atoms with Gasteiger partial charge in [0.1, 0.15) is 50.1 Å². The monoisotopic (exact) mass is 1370 g/mol. The van der Waals surface area contributed by atoms with Gasteiger partial charge in [0.25, 0.3) is 0 Å². The Hall–Kier alpha value is -11.3. The number of aromatic nitrogens is 12. The van der Waals surface area contributed by atoms with Crippen molar-refractivity contribution in [3.05, 3.63) is 165 Å². The number of nitrogens with zero attached hydrogens (tertiary/aromatic N) is 16. The Morgan fingerprint density at radius 1 is 0.450 bits per heavy atom. The van der Waals surface area contributed by atoms with Gasteiger partial charge in [-0.1, -0.05) is 6.92 Å². The fraction of sp³-hybridized carbons (Fsp3) is 0.297. The van der Waals surface area contributed by atoms with E-state index in [4.69, 9.17) is 43.4 Å². The number of rotatable bonds is 25. The van der Waals surface area contributed by atoms with E-state index in [0.29, 0.717) is 23.7 Å². The van der Waals surface area contributed by atoms with Crippen molar-refractivity contribution in [3.8, 4) is 68.3 Å². The number of methoxy groups -OCH3 is 6. The lowest BCUT2D eigenvalue weighted by atomic mass is 10.1. The first-order valence-electron chi connectivity index (χ1n) is 32.6. The minimum absolute atomic E-state index is 0.0251. The summed E-state index contributed by atoms with van der Waals surface area (Å²) in [5.41, 5.74) is 15.2. The smallest absolute Gasteiger partial charge is 0.149 e. The maximum atomic E-state index is 12.1. The number of ketones is 1. The predicted molar refractivity (Wildman–Crippen MR) is 390 cm³/mol. The third-order valence-corrected chi connectivity index (χ3v) is 17.7. The second kappa shape index (κ2) is 32.0. The standard InChI is InChI=1S/C26H30N6O2.C25H29N5O4S.C23H23N5O3/c1-30-18-19(16-28-30)26-17-27-24-7-6-20(14-25(24)29-26)32(11-10-31-8-4-5-9-31)21-12-22(33-2)15-23(13-21)34-3;1-5-8-30(20-11-21(33-2)14-22(12-20)34-3)19-6-7-23-24(13-19)28-25(16-26-23)18-15-27-29(17-18)9-10-35(4,31)32;1-15(29)13-28(18-7-19(30-3)10-20(8-18)31-4)17-5-6-21-22(9-17)26-23(12-24-21)16-11-25-27(2)14-16/h6-7,12-18H,4-5,8-11H2,1-3H3;6-7,11-17H,5,8-10H2,1-4H3;5-12,14H,13H2,1-4H3. The van der Waals surface area contributed by atoms with Gasteiger partial charge in [-0.15, -0.1) is 0 Å². The molecule has 1 aliphatic rings. The summed E-state index contributed by atoms with van der Waals surface area (Å²) >= 11 is 0. The van der Waals surface area contributed by atoms with Crippen LogP contribution in [0.15, 0.2) is 165 Å². The summed E-state index contributed by atoms with van der Waals surface area (Å²) in [4.78, 5) is 49.2. The third kappa shape index (κ3) is 17.5. The van der Waals surface area contributed by atoms with Crippen LogP contribution in [-0.4, -0.2) is 172 Å². The van der Waals surface area contributed by atoms with Gasteiger partial charge < -0.3 is 48.0 Å². The molecule has 7 heterocycles. The third-order valence-electron chi connectivity index (χ3n) is 16.7. The molecule has 0 atom stereocenters. The highest BCUT2D eigenvalue weighted by atomic mass is 32.2. The lowest BCUT2D eigenvalue weighted by Crippen LogP contribution is -2.31. The normalized spacial score (nSPS) is 12.2. The van der Waals surface area contributed by atoms with Crippen molar-refractivity contribution in [2.75, 3.05) is 109 Å². The Morgan fingerprint density at radius 2 is 0.820 bits per heavy atom. The summed E-state index contributed by atoms with van der Waals surface area (Å²) in [6.07, 6.45) is 20.8. The number of carbonyl (C=O) groups is 1. The number of hydrogen-bond acceptors (Lipinski definition) is 22. The van der Waals surface area contributed by atoms with E-state index in [9.17, 15) is 13.2 Å². The minimum atomic E-state index is -3.07. The molecule has 100 heavy (non-hydrogen) atoms. The fourth-order valence-corrected chi connectivity index (χ4v) is 12.1. The summed E-state index contributed by atoms with van der Waals surface area (Å²) in [6.45, 7) is 9.12. The molecule has 25 nitrogen and oxygen atoms in total. The van der Waals surface area contributed by atoms with Crippen molar-refractivity contribution in [1.82, 2.24) is 64.1 Å². The number of aryl methyl sites for hydroxylation is 3. The zero-order chi connectivity index (χ0) is 70.5. The van der Waals surface area contributed by atoms with E-state index < -0.39 is 9.84 Å². The number of ether oxygens (including phenoxy) is 6. The molecule has 518 valence electrons. The zero-order valence-corrected chi connectivity index (χ0v) is 58.9. The van der Waals surface area contributed by atoms with Crippen LogP contribution in [0.4, 0.5) is 34.1 Å². The van der Waals surface area contributed by atoms with Crippen molar-refractivity contribution in [2.45, 2.75) is 39.7 Å². The first kappa shape index (κ1) is 70.1. The lowest BCUT2D eigenvalue weighted by molar-refractivity contribution is -0.115. The molecule has 6 aromatic carbocycles. The Balaban J connectivity index is 0.000000152. The Kier molecular flexibility index (Phi) is 22.4. The molecule has 13 rings (SSSR count). The highest BCUT2D eigenvalue weighted by Crippen LogP contribution is 2.38. The number of Topliss-reactive ketones (excluding diaryl/α,β-unsaturated/α-hetero) is 1. The van der Waals surface area contributed by atoms with Crippen molar-refractivity contribution < 1.29 is 41.6 Å². The van der Waals surface area contributed by atoms with Crippen molar-refractivity contribution in [1.29, 1.82) is 0 Å². The number of hydrogen-bond donors (Lipinski definition) is 0. The number of benzene rings is 6. The van der Waals surface area contributed by atoms with E-state index in [1.807, 2.05) is 116 Å². The molecule has 1 saturated heterocycles. The molecule has 0 N–H and O–H groups in total. The lowest BCUT2D eigenvalue weighted by Gasteiger charge is -2.28. The van der Waals surface area contributed by atoms with Crippen molar-refractivity contribution >= 4 is 82.8 Å². The van der Waals surface area contributed by atoms with Crippen molar-refractivity contribution in [3.63, 3.8) is 0 Å². The average molecular weight is 1370 g/mol. The first-order chi connectivity index (χ1) is 48.4. The Bertz CT molecular complexity index is 4870. The molecule has 26 heteroatoms. The molecule has 1 fully saturated rings. The number of anilines is 6. The quantitative estimate of drug-likeness (QED) is 0.0515. The van der Waals surface area contributed by atoms with Crippen LogP contribution in [0.5, 0.6) is 34.5 Å². The van der Waals surface area contributed by atoms with Gasteiger partial charge in [0.2, 0.25) is 0 Å². The molecular formula is C74H82N16O9S. The highest BCUT2D eigenvalue weighted by molar-refractivity contribution is 7.90. The maximum absolute atomic E-state index is 12.1. The summed E-state index contributed by atoms with van der Waals surface area (Å²) in [7, 11) is 10.5. The van der Waals surface area contributed by atoms with Crippen LogP contribution in [-0.2, 0) is 35.3 Å². The molecule has 0 saturated carbocycles. The van der Waals surface area contributed by atoms with Crippen LogP contribution in [0.25, 0.3) is 66.9 Å². The number of fused-ring (bicyclic) bond motifs is 3. The summed E-state index contributed by atoms with van der Waals surface area (Å²) < 4.78 is 60.9. The molecular weight excluding hydrogens is 1290 g/mol. The predicted octanol–water partition coefficient (Wildman–Crippen LogP) is 12.2. The first-order valence-corrected chi connectivity index (χ1v) is 34.7. The van der Waals surface area contributed by atoms with Gasteiger partial charge in [-0.05, 0) is 93.9 Å². The SMILES string of the molecule is CCCN(c1cc(OC)cc(OC)c1)c1ccc2ncc(-c3cnn(CCS(C)(=O)=O)c3)nc2c1.COc1cc(OC)cc(N(CC(C)=O)c2ccc3ncc(-c4cnn(C)c4)nc3c2)c1.COc1cc(OC)cc(N(CCN2CCCC2)c2ccc3ncc(-c4cnn(C)c4)nc3c2)c1. The van der Waals surface area contributed by atoms with Crippen LogP contribution in [0.3, 0.4) is 0 Å². The van der Waals surface area contributed by atoms with Crippen LogP contribution >= 0.6 is 0 Å². The van der Waals surface area contributed by atoms with E-state index in [-0.39, 0.29) is 18.1 Å². The van der Waals surface area contributed by atoms with Gasteiger partial charge in [0.15, 0.2) is 0 Å². The summed E-state index contributed by atoms with van der Waals surface area (Å²) in [5.74, 6) is 4.30. The van der Waals surface area contributed by atoms with Crippen LogP contribution < -0.4 is 43.1 Å². The van der Waals surface area contributed by atoms with E-state index in [1.54, 1.807) is 107 Å². The van der Waals surface area contributed by atoms with Crippen LogP contribution in [0.1, 0.15) is 33.1 Å². The fourth-order valence-electron chi connectivity index (χ4n) is 11.6. The number of sulfone groups is 1. The molecule has 0 bridgehead atoms. The summed E-state index contributed by atoms with van der Waals surface area (Å²) in [5, 5.41) is 12.7. The van der Waals surface area contributed by atoms with E-state index in [2.05, 4.69) is 76.1 Å². The molecule has 12 aromatic rings. The maximum Gasteiger partial charge on any atom is 0.149 e. The topological polar surface area (TPSA) is 250 Å². The molecule has 0 amide bonds. The molecule has 0 unspecified atom stereocenters. The Labute approximate surface area is 581 Å². The number of carbonyl (C=O) groups excluding carboxylic acids is 1. The van der Waals surface area contributed by atoms with Gasteiger partial charge in [-0.25, -0.2) is 23.4 Å². The zero-order valence-electron chi connectivity index (χ0n) is 58.1. The summed E-state index contributed by atoms with van der Waals surface area (Å²) in [6, 6.07) is 35.3. The molecule has 1 aliphatic heterocycles. The van der Waals surface area contributed by atoms with Gasteiger partial charge in [0, 0.05) is 164 Å². The van der Waals surface area contributed by atoms with Gasteiger partial charge in [0.05, 0.1) is 149 Å². The Morgan fingerprint density at radius 3 is 1.18 bits per heavy atom. The van der Waals surface area contributed by atoms with Crippen molar-refractivity contribution in [2.24, 2.45) is 14.1 Å². The molecule has 0 radical (unpaired) electrons. The van der Waals surface area contributed by atoms with E-state index in [0.717, 1.165) is 157 Å².